The normalized spacial score (nSPS) is 15.0. The summed E-state index contributed by atoms with van der Waals surface area (Å²) >= 11 is 0. The zero-order valence-electron chi connectivity index (χ0n) is 17.9. The number of aromatic nitrogens is 3. The van der Waals surface area contributed by atoms with E-state index >= 15 is 0 Å². The molecule has 1 aliphatic carbocycles. The van der Waals surface area contributed by atoms with Gasteiger partial charge in [0.05, 0.1) is 5.69 Å². The van der Waals surface area contributed by atoms with Gasteiger partial charge in [0.2, 0.25) is 0 Å². The number of pyridine rings is 1. The van der Waals surface area contributed by atoms with Crippen molar-refractivity contribution < 1.29 is 4.52 Å². The van der Waals surface area contributed by atoms with Crippen molar-refractivity contribution in [2.24, 2.45) is 0 Å². The lowest BCUT2D eigenvalue weighted by molar-refractivity contribution is 0.393. The third-order valence-electron chi connectivity index (χ3n) is 6.22. The Morgan fingerprint density at radius 2 is 1.73 bits per heavy atom. The zero-order valence-corrected chi connectivity index (χ0v) is 17.9. The van der Waals surface area contributed by atoms with Crippen LogP contribution < -0.4 is 5.32 Å². The predicted octanol–water partition coefficient (Wildman–Crippen LogP) is 6.33. The molecule has 30 heavy (non-hydrogen) atoms. The van der Waals surface area contributed by atoms with Crippen LogP contribution in [0.3, 0.4) is 0 Å². The lowest BCUT2D eigenvalue weighted by Gasteiger charge is -2.24. The number of benzene rings is 1. The molecule has 1 aromatic carbocycles. The highest BCUT2D eigenvalue weighted by Crippen LogP contribution is 2.34. The molecule has 1 N–H and O–H groups in total. The van der Waals surface area contributed by atoms with Crippen LogP contribution in [-0.2, 0) is 0 Å². The van der Waals surface area contributed by atoms with Crippen LogP contribution in [0.2, 0.25) is 0 Å². The van der Waals surface area contributed by atoms with E-state index in [0.29, 0.717) is 6.04 Å². The van der Waals surface area contributed by atoms with E-state index in [0.717, 1.165) is 45.3 Å². The van der Waals surface area contributed by atoms with Gasteiger partial charge >= 0.3 is 0 Å². The molecule has 1 saturated carbocycles. The van der Waals surface area contributed by atoms with E-state index in [1.807, 2.05) is 13.8 Å². The number of rotatable bonds is 4. The first kappa shape index (κ1) is 18.9. The smallest absolute Gasteiger partial charge is 0.141 e. The number of hydrogen-bond donors (Lipinski definition) is 1. The summed E-state index contributed by atoms with van der Waals surface area (Å²) in [6.45, 7) is 6.05. The zero-order chi connectivity index (χ0) is 20.7. The molecule has 0 unspecified atom stereocenters. The lowest BCUT2D eigenvalue weighted by atomic mass is 9.95. The van der Waals surface area contributed by atoms with Gasteiger partial charge in [-0.05, 0) is 51.3 Å². The SMILES string of the molecule is Cc1ccc(-c2nc3cc(-c4c(C)noc4C)ccn3c2NC2CCCCC2)cc1. The topological polar surface area (TPSA) is 55.4 Å². The van der Waals surface area contributed by atoms with Crippen LogP contribution in [0, 0.1) is 20.8 Å². The summed E-state index contributed by atoms with van der Waals surface area (Å²) in [5.74, 6) is 1.92. The van der Waals surface area contributed by atoms with Crippen LogP contribution in [0.15, 0.2) is 47.1 Å². The molecule has 1 aliphatic rings. The molecule has 0 spiro atoms. The van der Waals surface area contributed by atoms with Gasteiger partial charge in [0.1, 0.15) is 22.9 Å². The minimum absolute atomic E-state index is 0.505. The summed E-state index contributed by atoms with van der Waals surface area (Å²) in [5, 5.41) is 7.95. The first-order valence-corrected chi connectivity index (χ1v) is 10.9. The fraction of sp³-hybridized carbons (Fsp3) is 0.360. The van der Waals surface area contributed by atoms with Crippen LogP contribution >= 0.6 is 0 Å². The van der Waals surface area contributed by atoms with Crippen molar-refractivity contribution in [1.29, 1.82) is 0 Å². The van der Waals surface area contributed by atoms with E-state index in [-0.39, 0.29) is 0 Å². The number of nitrogens with one attached hydrogen (secondary N) is 1. The maximum absolute atomic E-state index is 5.38. The number of hydrogen-bond acceptors (Lipinski definition) is 4. The van der Waals surface area contributed by atoms with Crippen molar-refractivity contribution in [3.63, 3.8) is 0 Å². The second kappa shape index (κ2) is 7.63. The first-order valence-electron chi connectivity index (χ1n) is 10.9. The van der Waals surface area contributed by atoms with Gasteiger partial charge in [0.15, 0.2) is 0 Å². The fourth-order valence-corrected chi connectivity index (χ4v) is 4.59. The summed E-state index contributed by atoms with van der Waals surface area (Å²) in [7, 11) is 0. The second-order valence-electron chi connectivity index (χ2n) is 8.50. The molecule has 0 amide bonds. The van der Waals surface area contributed by atoms with Gasteiger partial charge in [0, 0.05) is 23.4 Å². The van der Waals surface area contributed by atoms with Gasteiger partial charge in [-0.25, -0.2) is 4.98 Å². The number of imidazole rings is 1. The average Bonchev–Trinajstić information content (AvgIpc) is 3.28. The monoisotopic (exact) mass is 400 g/mol. The highest BCUT2D eigenvalue weighted by molar-refractivity contribution is 5.79. The largest absolute Gasteiger partial charge is 0.367 e. The van der Waals surface area contributed by atoms with Gasteiger partial charge in [-0.15, -0.1) is 0 Å². The number of fused-ring (bicyclic) bond motifs is 1. The maximum Gasteiger partial charge on any atom is 0.141 e. The standard InChI is InChI=1S/C25H28N4O/c1-16-9-11-19(12-10-16)24-25(26-21-7-5-4-6-8-21)29-14-13-20(15-22(29)27-24)23-17(2)28-30-18(23)3/h9-15,21,26H,4-8H2,1-3H3. The molecule has 4 aromatic rings. The van der Waals surface area contributed by atoms with E-state index in [4.69, 9.17) is 9.51 Å². The minimum Gasteiger partial charge on any atom is -0.367 e. The van der Waals surface area contributed by atoms with E-state index in [9.17, 15) is 0 Å². The molecule has 0 saturated heterocycles. The van der Waals surface area contributed by atoms with Gasteiger partial charge in [0.25, 0.3) is 0 Å². The predicted molar refractivity (Wildman–Crippen MR) is 121 cm³/mol. The Labute approximate surface area is 177 Å². The second-order valence-corrected chi connectivity index (χ2v) is 8.50. The summed E-state index contributed by atoms with van der Waals surface area (Å²) in [5.41, 5.74) is 7.38. The van der Waals surface area contributed by atoms with Crippen LogP contribution in [-0.4, -0.2) is 20.6 Å². The summed E-state index contributed by atoms with van der Waals surface area (Å²) in [6, 6.07) is 13.4. The highest BCUT2D eigenvalue weighted by Gasteiger charge is 2.21. The van der Waals surface area contributed by atoms with Crippen LogP contribution in [0.1, 0.15) is 49.1 Å². The average molecular weight is 401 g/mol. The van der Waals surface area contributed by atoms with E-state index < -0.39 is 0 Å². The molecule has 154 valence electrons. The Hall–Kier alpha value is -3.08. The molecule has 3 aromatic heterocycles. The molecular formula is C25H28N4O. The maximum atomic E-state index is 5.38. The Kier molecular flexibility index (Phi) is 4.81. The van der Waals surface area contributed by atoms with E-state index in [1.165, 1.54) is 37.7 Å². The molecule has 0 atom stereocenters. The Morgan fingerprint density at radius 1 is 0.967 bits per heavy atom. The number of aryl methyl sites for hydroxylation is 3. The van der Waals surface area contributed by atoms with Crippen molar-refractivity contribution in [3.8, 4) is 22.4 Å². The summed E-state index contributed by atoms with van der Waals surface area (Å²) < 4.78 is 7.57. The molecular weight excluding hydrogens is 372 g/mol. The third-order valence-corrected chi connectivity index (χ3v) is 6.22. The van der Waals surface area contributed by atoms with Crippen molar-refractivity contribution >= 4 is 11.5 Å². The molecule has 5 rings (SSSR count). The van der Waals surface area contributed by atoms with Crippen molar-refractivity contribution in [2.45, 2.75) is 58.9 Å². The Bertz CT molecular complexity index is 1160. The van der Waals surface area contributed by atoms with E-state index in [2.05, 4.69) is 64.4 Å². The quantitative estimate of drug-likeness (QED) is 0.435. The van der Waals surface area contributed by atoms with Crippen molar-refractivity contribution in [2.75, 3.05) is 5.32 Å². The van der Waals surface area contributed by atoms with Gasteiger partial charge in [-0.2, -0.15) is 0 Å². The fourth-order valence-electron chi connectivity index (χ4n) is 4.59. The Balaban J connectivity index is 1.64. The van der Waals surface area contributed by atoms with Crippen LogP contribution in [0.25, 0.3) is 28.0 Å². The Morgan fingerprint density at radius 3 is 2.43 bits per heavy atom. The van der Waals surface area contributed by atoms with Gasteiger partial charge < -0.3 is 9.84 Å². The summed E-state index contributed by atoms with van der Waals surface area (Å²) in [4.78, 5) is 5.06. The molecule has 0 bridgehead atoms. The van der Waals surface area contributed by atoms with E-state index in [1.54, 1.807) is 0 Å². The summed E-state index contributed by atoms with van der Waals surface area (Å²) in [6.07, 6.45) is 8.49. The molecule has 5 nitrogen and oxygen atoms in total. The van der Waals surface area contributed by atoms with Crippen LogP contribution in [0.5, 0.6) is 0 Å². The van der Waals surface area contributed by atoms with Crippen molar-refractivity contribution in [3.05, 3.63) is 59.6 Å². The van der Waals surface area contributed by atoms with Crippen molar-refractivity contribution in [1.82, 2.24) is 14.5 Å². The minimum atomic E-state index is 0.505. The van der Waals surface area contributed by atoms with Crippen LogP contribution in [0.4, 0.5) is 5.82 Å². The number of nitrogens with zero attached hydrogens (tertiary/aromatic N) is 3. The van der Waals surface area contributed by atoms with Gasteiger partial charge in [-0.1, -0.05) is 54.2 Å². The number of anilines is 1. The lowest BCUT2D eigenvalue weighted by Crippen LogP contribution is -2.23. The third kappa shape index (κ3) is 3.38. The molecule has 3 heterocycles. The highest BCUT2D eigenvalue weighted by atomic mass is 16.5. The molecule has 1 fully saturated rings. The van der Waals surface area contributed by atoms with Gasteiger partial charge in [-0.3, -0.25) is 4.40 Å². The molecule has 0 radical (unpaired) electrons. The first-order chi connectivity index (χ1) is 14.6. The molecule has 5 heteroatoms. The molecule has 0 aliphatic heterocycles.